The van der Waals surface area contributed by atoms with Gasteiger partial charge >= 0.3 is 7.12 Å². The van der Waals surface area contributed by atoms with E-state index in [-0.39, 0.29) is 42.7 Å². The number of rotatable bonds is 16. The molecule has 1 heterocycles. The predicted molar refractivity (Wildman–Crippen MR) is 159 cm³/mol. The summed E-state index contributed by atoms with van der Waals surface area (Å²) in [5, 5.41) is 5.60. The van der Waals surface area contributed by atoms with Gasteiger partial charge in [-0.05, 0) is 17.9 Å². The number of likely N-dealkylation sites (N-methyl/N-ethyl adjacent to an activating group) is 1. The average Bonchev–Trinajstić information content (AvgIpc) is 2.97. The molecule has 0 saturated carbocycles. The number of aromatic nitrogens is 2. The van der Waals surface area contributed by atoms with Gasteiger partial charge in [-0.15, -0.1) is 0 Å². The molecule has 1 aromatic carbocycles. The first kappa shape index (κ1) is 34.9. The number of nitrogens with zero attached hydrogens (tertiary/aromatic N) is 4. The molecule has 0 fully saturated rings. The third kappa shape index (κ3) is 12.6. The maximum atomic E-state index is 13.7. The lowest BCUT2D eigenvalue weighted by Gasteiger charge is -2.28. The summed E-state index contributed by atoms with van der Waals surface area (Å²) in [6.45, 7) is 3.41. The van der Waals surface area contributed by atoms with E-state index in [9.17, 15) is 24.0 Å². The molecule has 0 aliphatic heterocycles. The Kier molecular flexibility index (Phi) is 14.3. The summed E-state index contributed by atoms with van der Waals surface area (Å²) in [6.07, 6.45) is 4.27. The van der Waals surface area contributed by atoms with Crippen molar-refractivity contribution in [2.24, 2.45) is 5.92 Å². The first-order valence-electron chi connectivity index (χ1n) is 14.0. The Morgan fingerprint density at radius 1 is 0.907 bits per heavy atom. The monoisotopic (exact) mass is 596 g/mol. The Bertz CT molecular complexity index is 1210. The maximum absolute atomic E-state index is 13.7. The van der Waals surface area contributed by atoms with Gasteiger partial charge in [-0.1, -0.05) is 44.2 Å². The first-order valence-corrected chi connectivity index (χ1v) is 14.0. The van der Waals surface area contributed by atoms with Crippen LogP contribution in [0.5, 0.6) is 0 Å². The molecular weight excluding hydrogens is 555 g/mol. The van der Waals surface area contributed by atoms with E-state index in [0.717, 1.165) is 5.56 Å². The van der Waals surface area contributed by atoms with Gasteiger partial charge in [0.1, 0.15) is 18.3 Å². The normalized spacial score (nSPS) is 12.1. The van der Waals surface area contributed by atoms with Crippen molar-refractivity contribution in [2.45, 2.75) is 51.5 Å². The predicted octanol–water partition coefficient (Wildman–Crippen LogP) is 0.892. The minimum Gasteiger partial charge on any atom is -0.508 e. The quantitative estimate of drug-likeness (QED) is 0.268. The van der Waals surface area contributed by atoms with Crippen molar-refractivity contribution in [1.29, 1.82) is 0 Å². The minimum absolute atomic E-state index is 0.0109. The fraction of sp³-hybridized carbons (Fsp3) is 0.483. The van der Waals surface area contributed by atoms with Crippen LogP contribution in [-0.4, -0.2) is 103 Å². The summed E-state index contributed by atoms with van der Waals surface area (Å²) >= 11 is 0. The lowest BCUT2D eigenvalue weighted by molar-refractivity contribution is -0.140. The maximum Gasteiger partial charge on any atom is 0.551 e. The number of carbonyl (C=O) groups excluding carboxylic acids is 5. The van der Waals surface area contributed by atoms with Crippen molar-refractivity contribution in [1.82, 2.24) is 30.4 Å². The number of hydrogen-bond acceptors (Lipinski definition) is 9. The third-order valence-corrected chi connectivity index (χ3v) is 6.24. The Morgan fingerprint density at radius 2 is 1.58 bits per heavy atom. The van der Waals surface area contributed by atoms with Gasteiger partial charge in [0, 0.05) is 53.4 Å². The Morgan fingerprint density at radius 3 is 2.16 bits per heavy atom. The zero-order valence-corrected chi connectivity index (χ0v) is 25.6. The van der Waals surface area contributed by atoms with Crippen molar-refractivity contribution in [3.05, 3.63) is 60.2 Å². The highest BCUT2D eigenvalue weighted by Crippen LogP contribution is 2.13. The highest BCUT2D eigenvalue weighted by atomic mass is 16.6. The lowest BCUT2D eigenvalue weighted by atomic mass is 9.73. The van der Waals surface area contributed by atoms with Crippen molar-refractivity contribution in [3.8, 4) is 0 Å². The zero-order chi connectivity index (χ0) is 31.9. The highest BCUT2D eigenvalue weighted by Gasteiger charge is 2.38. The van der Waals surface area contributed by atoms with E-state index in [2.05, 4.69) is 20.6 Å². The molecule has 232 valence electrons. The molecule has 13 nitrogen and oxygen atoms in total. The second-order valence-corrected chi connectivity index (χ2v) is 10.8. The molecule has 0 saturated heterocycles. The molecule has 1 unspecified atom stereocenters. The third-order valence-electron chi connectivity index (χ3n) is 6.24. The van der Waals surface area contributed by atoms with E-state index < -0.39 is 43.5 Å². The fourth-order valence-corrected chi connectivity index (χ4v) is 3.87. The second-order valence-electron chi connectivity index (χ2n) is 10.8. The molecule has 2 rings (SSSR count). The molecule has 2 aromatic rings. The Labute approximate surface area is 252 Å². The smallest absolute Gasteiger partial charge is 0.508 e. The Balaban J connectivity index is 2.32. The van der Waals surface area contributed by atoms with Gasteiger partial charge in [-0.2, -0.15) is 0 Å². The van der Waals surface area contributed by atoms with Crippen LogP contribution in [0.25, 0.3) is 0 Å². The SMILES string of the molecule is CC(C)C[C@H](NC(=O)C(Cc1ccccc1)NC(=O)c1cnccn1)B(OCC(=O)N(C)C)OC(=O)CCC(=O)N(C)C. The van der Waals surface area contributed by atoms with Crippen molar-refractivity contribution in [3.63, 3.8) is 0 Å². The van der Waals surface area contributed by atoms with Crippen molar-refractivity contribution < 1.29 is 33.3 Å². The van der Waals surface area contributed by atoms with Crippen LogP contribution in [0.1, 0.15) is 49.2 Å². The van der Waals surface area contributed by atoms with Crippen LogP contribution in [0.3, 0.4) is 0 Å². The number of benzene rings is 1. The molecule has 1 aromatic heterocycles. The summed E-state index contributed by atoms with van der Waals surface area (Å²) in [7, 11) is 4.93. The fourth-order valence-electron chi connectivity index (χ4n) is 3.87. The summed E-state index contributed by atoms with van der Waals surface area (Å²) < 4.78 is 11.4. The average molecular weight is 596 g/mol. The number of hydrogen-bond donors (Lipinski definition) is 2. The summed E-state index contributed by atoms with van der Waals surface area (Å²) in [5.74, 6) is -3.38. The van der Waals surface area contributed by atoms with E-state index >= 15 is 0 Å². The van der Waals surface area contributed by atoms with Gasteiger partial charge < -0.3 is 29.7 Å². The van der Waals surface area contributed by atoms with Crippen LogP contribution in [0, 0.1) is 5.92 Å². The molecule has 43 heavy (non-hydrogen) atoms. The number of carbonyl (C=O) groups is 5. The largest absolute Gasteiger partial charge is 0.551 e. The lowest BCUT2D eigenvalue weighted by Crippen LogP contribution is -2.57. The molecule has 4 amide bonds. The summed E-state index contributed by atoms with van der Waals surface area (Å²) in [6, 6.07) is 8.10. The van der Waals surface area contributed by atoms with Crippen molar-refractivity contribution in [2.75, 3.05) is 34.8 Å². The number of amides is 4. The van der Waals surface area contributed by atoms with Gasteiger partial charge in [0.25, 0.3) is 11.9 Å². The van der Waals surface area contributed by atoms with Gasteiger partial charge in [-0.25, -0.2) is 4.98 Å². The van der Waals surface area contributed by atoms with Crippen LogP contribution in [-0.2, 0) is 34.9 Å². The van der Waals surface area contributed by atoms with Crippen LogP contribution < -0.4 is 10.6 Å². The van der Waals surface area contributed by atoms with Gasteiger partial charge in [0.2, 0.25) is 17.7 Å². The standard InChI is InChI=1S/C29H41BN6O7/c1-20(2)16-24(30(42-19-26(38)36(5)6)43-27(39)13-12-25(37)35(3)4)34-28(40)22(17-21-10-8-7-9-11-21)33-29(41)23-18-31-14-15-32-23/h7-11,14-15,18,20,22,24H,12-13,16-17,19H2,1-6H3,(H,33,41)(H,34,40)/t22?,24-/m0/s1. The van der Waals surface area contributed by atoms with Crippen LogP contribution in [0.4, 0.5) is 0 Å². The molecular formula is C29H41BN6O7. The summed E-state index contributed by atoms with van der Waals surface area (Å²) in [5.41, 5.74) is 0.834. The van der Waals surface area contributed by atoms with Gasteiger partial charge in [0.15, 0.2) is 0 Å². The van der Waals surface area contributed by atoms with Gasteiger partial charge in [-0.3, -0.25) is 29.0 Å². The highest BCUT2D eigenvalue weighted by molar-refractivity contribution is 6.49. The molecule has 0 aliphatic rings. The molecule has 14 heteroatoms. The zero-order valence-electron chi connectivity index (χ0n) is 25.6. The van der Waals surface area contributed by atoms with Crippen molar-refractivity contribution >= 4 is 36.7 Å². The second kappa shape index (κ2) is 17.6. The van der Waals surface area contributed by atoms with Crippen LogP contribution >= 0.6 is 0 Å². The first-order chi connectivity index (χ1) is 20.4. The van der Waals surface area contributed by atoms with E-state index in [1.807, 2.05) is 44.2 Å². The number of nitrogens with one attached hydrogen (secondary N) is 2. The minimum atomic E-state index is -1.34. The van der Waals surface area contributed by atoms with E-state index in [1.165, 1.54) is 28.4 Å². The van der Waals surface area contributed by atoms with E-state index in [0.29, 0.717) is 6.42 Å². The molecule has 0 bridgehead atoms. The topological polar surface area (TPSA) is 160 Å². The van der Waals surface area contributed by atoms with E-state index in [4.69, 9.17) is 9.31 Å². The molecule has 2 atom stereocenters. The Hall–Kier alpha value is -4.33. The molecule has 2 N–H and O–H groups in total. The van der Waals surface area contributed by atoms with Crippen LogP contribution in [0.15, 0.2) is 48.9 Å². The van der Waals surface area contributed by atoms with Crippen LogP contribution in [0.2, 0.25) is 0 Å². The molecule has 0 aliphatic carbocycles. The molecule has 0 radical (unpaired) electrons. The molecule has 0 spiro atoms. The summed E-state index contributed by atoms with van der Waals surface area (Å²) in [4.78, 5) is 74.4. The van der Waals surface area contributed by atoms with E-state index in [1.54, 1.807) is 28.2 Å². The van der Waals surface area contributed by atoms with Gasteiger partial charge in [0.05, 0.1) is 18.6 Å².